The van der Waals surface area contributed by atoms with Crippen molar-refractivity contribution in [1.82, 2.24) is 9.97 Å². The molecule has 0 spiro atoms. The van der Waals surface area contributed by atoms with Gasteiger partial charge in [-0.1, -0.05) is 18.2 Å². The molecule has 0 fully saturated rings. The molecule has 0 aliphatic carbocycles. The number of nitrogens with one attached hydrogen (secondary N) is 1. The minimum absolute atomic E-state index is 0.126. The summed E-state index contributed by atoms with van der Waals surface area (Å²) in [4.78, 5) is 6.67. The number of fused-ring (bicyclic) bond motifs is 1. The number of benzene rings is 2. The number of hydrogen-bond acceptors (Lipinski definition) is 1. The van der Waals surface area contributed by atoms with Crippen LogP contribution in [-0.4, -0.2) is 16.1 Å². The van der Waals surface area contributed by atoms with Crippen molar-refractivity contribution in [3.63, 3.8) is 0 Å². The summed E-state index contributed by atoms with van der Waals surface area (Å²) >= 11 is 0. The zero-order chi connectivity index (χ0) is 19.3. The Morgan fingerprint density at radius 3 is 2.00 bits per heavy atom. The van der Waals surface area contributed by atoms with Crippen molar-refractivity contribution in [3.05, 3.63) is 53.6 Å². The summed E-state index contributed by atoms with van der Waals surface area (Å²) in [6.45, 7) is 0. The van der Waals surface area contributed by atoms with Crippen molar-refractivity contribution >= 4 is 11.0 Å². The van der Waals surface area contributed by atoms with Crippen LogP contribution in [0.3, 0.4) is 0 Å². The van der Waals surface area contributed by atoms with E-state index in [4.69, 9.17) is 0 Å². The number of H-pyrrole nitrogens is 1. The minimum Gasteiger partial charge on any atom is -0.338 e. The number of para-hydroxylation sites is 2. The topological polar surface area (TPSA) is 28.7 Å². The number of hydrogen-bond donors (Lipinski definition) is 1. The lowest BCUT2D eigenvalue weighted by molar-refractivity contribution is -0.291. The van der Waals surface area contributed by atoms with E-state index in [9.17, 15) is 35.1 Å². The van der Waals surface area contributed by atoms with E-state index in [0.717, 1.165) is 6.07 Å². The molecule has 0 atom stereocenters. The van der Waals surface area contributed by atoms with Gasteiger partial charge in [-0.15, -0.1) is 0 Å². The fourth-order valence-corrected chi connectivity index (χ4v) is 2.44. The zero-order valence-corrected chi connectivity index (χ0v) is 12.5. The van der Waals surface area contributed by atoms with E-state index in [1.54, 1.807) is 24.3 Å². The Kier molecular flexibility index (Phi) is 3.97. The fourth-order valence-electron chi connectivity index (χ4n) is 2.44. The summed E-state index contributed by atoms with van der Waals surface area (Å²) in [6, 6.07) is 7.50. The molecule has 1 heterocycles. The van der Waals surface area contributed by atoms with E-state index in [-0.39, 0.29) is 23.5 Å². The van der Waals surface area contributed by atoms with Gasteiger partial charge in [0.1, 0.15) is 5.82 Å². The number of halogens is 8. The highest BCUT2D eigenvalue weighted by Gasteiger charge is 2.61. The molecule has 0 aliphatic rings. The first kappa shape index (κ1) is 18.2. The van der Waals surface area contributed by atoms with Crippen LogP contribution in [0.25, 0.3) is 22.4 Å². The van der Waals surface area contributed by atoms with Gasteiger partial charge in [-0.25, -0.2) is 4.98 Å². The van der Waals surface area contributed by atoms with E-state index in [1.165, 1.54) is 0 Å². The third-order valence-corrected chi connectivity index (χ3v) is 3.68. The van der Waals surface area contributed by atoms with Crippen molar-refractivity contribution < 1.29 is 35.1 Å². The third kappa shape index (κ3) is 2.99. The Bertz CT molecular complexity index is 920. The molecule has 0 radical (unpaired) electrons. The summed E-state index contributed by atoms with van der Waals surface area (Å²) in [7, 11) is 0. The Morgan fingerprint density at radius 1 is 0.769 bits per heavy atom. The van der Waals surface area contributed by atoms with Crippen molar-refractivity contribution in [2.45, 2.75) is 18.3 Å². The van der Waals surface area contributed by atoms with Gasteiger partial charge < -0.3 is 4.98 Å². The van der Waals surface area contributed by atoms with Crippen LogP contribution < -0.4 is 0 Å². The Labute approximate surface area is 140 Å². The van der Waals surface area contributed by atoms with Crippen LogP contribution in [0, 0.1) is 0 Å². The molecule has 1 aromatic heterocycles. The SMILES string of the molecule is FC(F)(F)c1ccc(-c2nc3ccccc3[nH]2)cc1C(F)(F)C(F)(F)F. The molecule has 1 N–H and O–H groups in total. The lowest BCUT2D eigenvalue weighted by Gasteiger charge is -2.24. The number of nitrogens with zero attached hydrogens (tertiary/aromatic N) is 1. The predicted molar refractivity (Wildman–Crippen MR) is 76.5 cm³/mol. The minimum atomic E-state index is -6.18. The van der Waals surface area contributed by atoms with E-state index in [1.807, 2.05) is 0 Å². The molecule has 0 aliphatic heterocycles. The molecule has 138 valence electrons. The number of rotatable bonds is 2. The Morgan fingerprint density at radius 2 is 1.42 bits per heavy atom. The number of aromatic nitrogens is 2. The van der Waals surface area contributed by atoms with E-state index in [2.05, 4.69) is 9.97 Å². The molecule has 0 saturated carbocycles. The van der Waals surface area contributed by atoms with Gasteiger partial charge in [-0.05, 0) is 24.3 Å². The second-order valence-electron chi connectivity index (χ2n) is 5.43. The second-order valence-corrected chi connectivity index (χ2v) is 5.43. The molecule has 10 heteroatoms. The number of imidazole rings is 1. The summed E-state index contributed by atoms with van der Waals surface area (Å²) in [5.74, 6) is -5.81. The van der Waals surface area contributed by atoms with Crippen molar-refractivity contribution in [2.24, 2.45) is 0 Å². The highest BCUT2D eigenvalue weighted by atomic mass is 19.4. The molecule has 2 aromatic carbocycles. The fraction of sp³-hybridized carbons (Fsp3) is 0.188. The van der Waals surface area contributed by atoms with Crippen molar-refractivity contribution in [3.8, 4) is 11.4 Å². The first-order chi connectivity index (χ1) is 11.9. The third-order valence-electron chi connectivity index (χ3n) is 3.68. The largest absolute Gasteiger partial charge is 0.458 e. The van der Waals surface area contributed by atoms with Crippen molar-refractivity contribution in [1.29, 1.82) is 0 Å². The maximum absolute atomic E-state index is 13.7. The normalized spacial score (nSPS) is 13.4. The zero-order valence-electron chi connectivity index (χ0n) is 12.5. The molecule has 3 rings (SSSR count). The van der Waals surface area contributed by atoms with Gasteiger partial charge in [-0.3, -0.25) is 0 Å². The maximum atomic E-state index is 13.7. The Balaban J connectivity index is 2.22. The highest BCUT2D eigenvalue weighted by molar-refractivity contribution is 5.79. The van der Waals surface area contributed by atoms with Crippen LogP contribution in [0.2, 0.25) is 0 Å². The molecule has 26 heavy (non-hydrogen) atoms. The quantitative estimate of drug-likeness (QED) is 0.551. The van der Waals surface area contributed by atoms with Gasteiger partial charge in [0.2, 0.25) is 0 Å². The summed E-state index contributed by atoms with van der Waals surface area (Å²) in [5.41, 5.74) is -3.72. The molecule has 0 bridgehead atoms. The van der Waals surface area contributed by atoms with Crippen LogP contribution in [0.1, 0.15) is 11.1 Å². The first-order valence-electron chi connectivity index (χ1n) is 7.02. The van der Waals surface area contributed by atoms with Crippen LogP contribution >= 0.6 is 0 Å². The second kappa shape index (κ2) is 5.68. The molecule has 3 aromatic rings. The number of aromatic amines is 1. The lowest BCUT2D eigenvalue weighted by atomic mass is 9.97. The first-order valence-corrected chi connectivity index (χ1v) is 7.02. The van der Waals surface area contributed by atoms with Crippen LogP contribution in [0.4, 0.5) is 35.1 Å². The molecular weight excluding hydrogens is 372 g/mol. The molecule has 0 saturated heterocycles. The van der Waals surface area contributed by atoms with Crippen molar-refractivity contribution in [2.75, 3.05) is 0 Å². The molecular formula is C16H8F8N2. The van der Waals surface area contributed by atoms with Gasteiger partial charge in [-0.2, -0.15) is 35.1 Å². The standard InChI is InChI=1S/C16H8F8N2/c17-14(18,16(22,23)24)10-7-8(5-6-9(10)15(19,20)21)13-25-11-3-1-2-4-12(11)26-13/h1-7H,(H,25,26). The summed E-state index contributed by atoms with van der Waals surface area (Å²) in [5, 5.41) is 0. The van der Waals surface area contributed by atoms with Crippen LogP contribution in [-0.2, 0) is 12.1 Å². The highest BCUT2D eigenvalue weighted by Crippen LogP contribution is 2.49. The van der Waals surface area contributed by atoms with E-state index in [0.29, 0.717) is 11.0 Å². The van der Waals surface area contributed by atoms with Gasteiger partial charge in [0.15, 0.2) is 0 Å². The lowest BCUT2D eigenvalue weighted by Crippen LogP contribution is -2.35. The predicted octanol–water partition coefficient (Wildman–Crippen LogP) is 5.90. The smallest absolute Gasteiger partial charge is 0.338 e. The monoisotopic (exact) mass is 380 g/mol. The van der Waals surface area contributed by atoms with Crippen LogP contribution in [0.15, 0.2) is 42.5 Å². The van der Waals surface area contributed by atoms with Gasteiger partial charge in [0, 0.05) is 11.1 Å². The number of alkyl halides is 8. The summed E-state index contributed by atoms with van der Waals surface area (Å²) in [6.07, 6.45) is -11.6. The maximum Gasteiger partial charge on any atom is 0.458 e. The summed E-state index contributed by atoms with van der Waals surface area (Å²) < 4.78 is 104. The van der Waals surface area contributed by atoms with Gasteiger partial charge >= 0.3 is 18.3 Å². The average Bonchev–Trinajstić information content (AvgIpc) is 2.96. The van der Waals surface area contributed by atoms with E-state index >= 15 is 0 Å². The molecule has 0 amide bonds. The van der Waals surface area contributed by atoms with E-state index < -0.39 is 29.4 Å². The van der Waals surface area contributed by atoms with Gasteiger partial charge in [0.25, 0.3) is 0 Å². The van der Waals surface area contributed by atoms with Crippen LogP contribution in [0.5, 0.6) is 0 Å². The average molecular weight is 380 g/mol. The van der Waals surface area contributed by atoms with Gasteiger partial charge in [0.05, 0.1) is 16.6 Å². The molecule has 0 unspecified atom stereocenters. The molecule has 2 nitrogen and oxygen atoms in total. The Hall–Kier alpha value is -2.65.